The van der Waals surface area contributed by atoms with E-state index >= 15 is 0 Å². The molecule has 2 aliphatic rings. The van der Waals surface area contributed by atoms with Crippen molar-refractivity contribution in [1.82, 2.24) is 0 Å². The van der Waals surface area contributed by atoms with E-state index in [0.717, 1.165) is 22.6 Å². The van der Waals surface area contributed by atoms with Gasteiger partial charge < -0.3 is 14.4 Å². The lowest BCUT2D eigenvalue weighted by atomic mass is 10.0. The maximum atomic E-state index is 13.8. The zero-order valence-corrected chi connectivity index (χ0v) is 18.2. The van der Waals surface area contributed by atoms with Crippen molar-refractivity contribution in [2.24, 2.45) is 0 Å². The highest BCUT2D eigenvalue weighted by Crippen LogP contribution is 2.41. The van der Waals surface area contributed by atoms with Gasteiger partial charge in [0.15, 0.2) is 0 Å². The van der Waals surface area contributed by atoms with Gasteiger partial charge in [0.2, 0.25) is 0 Å². The highest BCUT2D eigenvalue weighted by atomic mass is 19.1. The molecule has 166 valence electrons. The quantitative estimate of drug-likeness (QED) is 0.553. The monoisotopic (exact) mass is 444 g/mol. The number of halogens is 1. The lowest BCUT2D eigenvalue weighted by molar-refractivity contribution is -0.120. The molecule has 0 saturated heterocycles. The number of amides is 2. The van der Waals surface area contributed by atoms with Crippen molar-refractivity contribution >= 4 is 28.8 Å². The van der Waals surface area contributed by atoms with E-state index in [1.807, 2.05) is 29.2 Å². The standard InChI is InChI=1S/C26H21FN2O4/c1-32-20-13-19(14-21(15-20)33-2)29-25(30)23(17-7-9-18(27)10-8-17)24(26(29)31)28-12-11-16-5-3-4-6-22(16)28/h3-10,13-15H,11-12H2,1-2H3. The molecule has 0 N–H and O–H groups in total. The van der Waals surface area contributed by atoms with Crippen molar-refractivity contribution in [2.45, 2.75) is 6.42 Å². The maximum absolute atomic E-state index is 13.8. The topological polar surface area (TPSA) is 59.1 Å². The highest BCUT2D eigenvalue weighted by molar-refractivity contribution is 6.46. The second-order valence-corrected chi connectivity index (χ2v) is 7.78. The minimum absolute atomic E-state index is 0.235. The number of benzene rings is 3. The predicted octanol–water partition coefficient (Wildman–Crippen LogP) is 4.19. The summed E-state index contributed by atoms with van der Waals surface area (Å²) in [6, 6.07) is 18.3. The van der Waals surface area contributed by atoms with Crippen LogP contribution in [0.3, 0.4) is 0 Å². The molecule has 0 fully saturated rings. The van der Waals surface area contributed by atoms with Gasteiger partial charge in [0.25, 0.3) is 11.8 Å². The third-order valence-corrected chi connectivity index (χ3v) is 5.94. The van der Waals surface area contributed by atoms with Crippen LogP contribution < -0.4 is 19.3 Å². The third-order valence-electron chi connectivity index (χ3n) is 5.94. The molecule has 33 heavy (non-hydrogen) atoms. The van der Waals surface area contributed by atoms with Gasteiger partial charge in [0, 0.05) is 30.4 Å². The van der Waals surface area contributed by atoms with Crippen molar-refractivity contribution in [3.63, 3.8) is 0 Å². The lowest BCUT2D eigenvalue weighted by Gasteiger charge is -2.22. The number of carbonyl (C=O) groups is 2. The SMILES string of the molecule is COc1cc(OC)cc(N2C(=O)C(c3ccc(F)cc3)=C(N3CCc4ccccc43)C2=O)c1. The van der Waals surface area contributed by atoms with Crippen LogP contribution in [0.15, 0.2) is 72.4 Å². The number of hydrogen-bond acceptors (Lipinski definition) is 5. The fourth-order valence-corrected chi connectivity index (χ4v) is 4.37. The molecule has 3 aromatic rings. The number of nitrogens with zero attached hydrogens (tertiary/aromatic N) is 2. The fourth-order valence-electron chi connectivity index (χ4n) is 4.37. The Hall–Kier alpha value is -4.13. The van der Waals surface area contributed by atoms with Gasteiger partial charge in [-0.05, 0) is 35.7 Å². The first-order valence-electron chi connectivity index (χ1n) is 10.5. The van der Waals surface area contributed by atoms with Gasteiger partial charge in [-0.15, -0.1) is 0 Å². The smallest absolute Gasteiger partial charge is 0.282 e. The van der Waals surface area contributed by atoms with Crippen molar-refractivity contribution in [3.05, 3.63) is 89.4 Å². The van der Waals surface area contributed by atoms with Crippen LogP contribution in [0.25, 0.3) is 5.57 Å². The first kappa shape index (κ1) is 20.8. The van der Waals surface area contributed by atoms with Gasteiger partial charge in [-0.3, -0.25) is 9.59 Å². The Kier molecular flexibility index (Phi) is 5.09. The Morgan fingerprint density at radius 1 is 0.848 bits per heavy atom. The number of carbonyl (C=O) groups excluding carboxylic acids is 2. The molecule has 0 saturated carbocycles. The normalized spacial score (nSPS) is 15.4. The molecule has 0 radical (unpaired) electrons. The summed E-state index contributed by atoms with van der Waals surface area (Å²) in [6.45, 7) is 0.563. The molecule has 0 aliphatic carbocycles. The average Bonchev–Trinajstić information content (AvgIpc) is 3.37. The second-order valence-electron chi connectivity index (χ2n) is 7.78. The summed E-state index contributed by atoms with van der Waals surface area (Å²) in [4.78, 5) is 30.5. The van der Waals surface area contributed by atoms with Crippen LogP contribution in [-0.2, 0) is 16.0 Å². The molecule has 0 aromatic heterocycles. The summed E-state index contributed by atoms with van der Waals surface area (Å²) >= 11 is 0. The van der Waals surface area contributed by atoms with Crippen LogP contribution in [0.5, 0.6) is 11.5 Å². The molecule has 0 spiro atoms. The first-order chi connectivity index (χ1) is 16.0. The summed E-state index contributed by atoms with van der Waals surface area (Å²) in [6.07, 6.45) is 0.755. The molecule has 0 bridgehead atoms. The van der Waals surface area contributed by atoms with Crippen LogP contribution in [-0.4, -0.2) is 32.6 Å². The van der Waals surface area contributed by atoms with Crippen molar-refractivity contribution in [3.8, 4) is 11.5 Å². The number of hydrogen-bond donors (Lipinski definition) is 0. The van der Waals surface area contributed by atoms with E-state index in [2.05, 4.69) is 0 Å². The Balaban J connectivity index is 1.68. The van der Waals surface area contributed by atoms with E-state index < -0.39 is 17.6 Å². The van der Waals surface area contributed by atoms with Crippen LogP contribution >= 0.6 is 0 Å². The van der Waals surface area contributed by atoms with Gasteiger partial charge in [-0.1, -0.05) is 30.3 Å². The number of anilines is 2. The van der Waals surface area contributed by atoms with Gasteiger partial charge >= 0.3 is 0 Å². The minimum atomic E-state index is -0.485. The summed E-state index contributed by atoms with van der Waals surface area (Å²) in [5.41, 5.74) is 3.31. The number of imide groups is 1. The highest BCUT2D eigenvalue weighted by Gasteiger charge is 2.44. The molecule has 7 heteroatoms. The van der Waals surface area contributed by atoms with Crippen LogP contribution in [0.1, 0.15) is 11.1 Å². The fraction of sp³-hybridized carbons (Fsp3) is 0.154. The van der Waals surface area contributed by atoms with Crippen molar-refractivity contribution in [2.75, 3.05) is 30.6 Å². The number of rotatable bonds is 5. The van der Waals surface area contributed by atoms with E-state index in [1.54, 1.807) is 18.2 Å². The largest absolute Gasteiger partial charge is 0.497 e. The summed E-state index contributed by atoms with van der Waals surface area (Å²) < 4.78 is 24.3. The zero-order chi connectivity index (χ0) is 23.1. The van der Waals surface area contributed by atoms with Gasteiger partial charge in [-0.25, -0.2) is 9.29 Å². The molecule has 5 rings (SSSR count). The maximum Gasteiger partial charge on any atom is 0.282 e. The third kappa shape index (κ3) is 3.42. The molecule has 0 unspecified atom stereocenters. The molecule has 2 heterocycles. The van der Waals surface area contributed by atoms with Gasteiger partial charge in [0.05, 0.1) is 25.5 Å². The van der Waals surface area contributed by atoms with E-state index in [0.29, 0.717) is 29.3 Å². The second kappa shape index (κ2) is 8.09. The van der Waals surface area contributed by atoms with Gasteiger partial charge in [-0.2, -0.15) is 0 Å². The average molecular weight is 444 g/mol. The van der Waals surface area contributed by atoms with E-state index in [-0.39, 0.29) is 11.3 Å². The molecular weight excluding hydrogens is 423 g/mol. The number of methoxy groups -OCH3 is 2. The Bertz CT molecular complexity index is 1280. The summed E-state index contributed by atoms with van der Waals surface area (Å²) in [5, 5.41) is 0. The van der Waals surface area contributed by atoms with Crippen LogP contribution in [0.2, 0.25) is 0 Å². The predicted molar refractivity (Wildman–Crippen MR) is 123 cm³/mol. The van der Waals surface area contributed by atoms with Crippen molar-refractivity contribution < 1.29 is 23.5 Å². The minimum Gasteiger partial charge on any atom is -0.497 e. The number of para-hydroxylation sites is 1. The number of fused-ring (bicyclic) bond motifs is 1. The van der Waals surface area contributed by atoms with Crippen LogP contribution in [0.4, 0.5) is 15.8 Å². The van der Waals surface area contributed by atoms with Crippen LogP contribution in [0, 0.1) is 5.82 Å². The van der Waals surface area contributed by atoms with E-state index in [9.17, 15) is 14.0 Å². The van der Waals surface area contributed by atoms with E-state index in [1.165, 1.54) is 38.5 Å². The Labute approximate surface area is 190 Å². The molecule has 2 amide bonds. The molecule has 3 aromatic carbocycles. The summed E-state index contributed by atoms with van der Waals surface area (Å²) in [5.74, 6) is -0.451. The Morgan fingerprint density at radius 3 is 2.18 bits per heavy atom. The summed E-state index contributed by atoms with van der Waals surface area (Å²) in [7, 11) is 3.00. The number of ether oxygens (including phenoxy) is 2. The Morgan fingerprint density at radius 2 is 1.52 bits per heavy atom. The van der Waals surface area contributed by atoms with Crippen molar-refractivity contribution in [1.29, 1.82) is 0 Å². The lowest BCUT2D eigenvalue weighted by Crippen LogP contribution is -2.34. The molecule has 0 atom stereocenters. The molecule has 2 aliphatic heterocycles. The molecular formula is C26H21FN2O4. The molecule has 6 nitrogen and oxygen atoms in total. The first-order valence-corrected chi connectivity index (χ1v) is 10.5. The zero-order valence-electron chi connectivity index (χ0n) is 18.2. The van der Waals surface area contributed by atoms with E-state index in [4.69, 9.17) is 9.47 Å². The van der Waals surface area contributed by atoms with Gasteiger partial charge in [0.1, 0.15) is 23.0 Å².